The Morgan fingerprint density at radius 3 is 2.55 bits per heavy atom. The fourth-order valence-corrected chi connectivity index (χ4v) is 6.69. The maximum absolute atomic E-state index is 13.2. The summed E-state index contributed by atoms with van der Waals surface area (Å²) >= 11 is 0. The number of ketones is 1. The predicted molar refractivity (Wildman–Crippen MR) is 200 cm³/mol. The first-order chi connectivity index (χ1) is 26.5. The molecule has 1 aromatic heterocycles. The number of carbonyl (C=O) groups is 3. The zero-order valence-corrected chi connectivity index (χ0v) is 29.8. The van der Waals surface area contributed by atoms with Crippen LogP contribution in [0.2, 0.25) is 0 Å². The molecule has 3 heterocycles. The fourth-order valence-electron chi connectivity index (χ4n) is 6.69. The number of fused-ring (bicyclic) bond motifs is 2. The number of hydrogen-bond acceptors (Lipinski definition) is 11. The Balaban J connectivity index is 1.03. The summed E-state index contributed by atoms with van der Waals surface area (Å²) in [5, 5.41) is 33.0. The topological polar surface area (TPSA) is 227 Å². The molecular weight excluding hydrogens is 714 g/mol. The van der Waals surface area contributed by atoms with Crippen molar-refractivity contribution in [3.63, 3.8) is 0 Å². The van der Waals surface area contributed by atoms with Crippen LogP contribution in [0.4, 0.5) is 0 Å². The van der Waals surface area contributed by atoms with Crippen molar-refractivity contribution in [3.8, 4) is 28.2 Å². The van der Waals surface area contributed by atoms with Gasteiger partial charge in [-0.1, -0.05) is 12.8 Å². The molecule has 6 rings (SSSR count). The van der Waals surface area contributed by atoms with Crippen LogP contribution < -0.4 is 22.0 Å². The molecule has 0 bridgehead atoms. The number of rotatable bonds is 15. The molecule has 0 spiro atoms. The van der Waals surface area contributed by atoms with Gasteiger partial charge in [0, 0.05) is 66.9 Å². The van der Waals surface area contributed by atoms with E-state index in [0.29, 0.717) is 55.2 Å². The average molecular weight is 754 g/mol. The lowest BCUT2D eigenvalue weighted by atomic mass is 9.89. The molecule has 2 aromatic carbocycles. The number of methoxy groups -OCH3 is 1. The summed E-state index contributed by atoms with van der Waals surface area (Å²) < 4.78 is 18.1. The highest BCUT2D eigenvalue weighted by Crippen LogP contribution is 2.42. The third-order valence-corrected chi connectivity index (χ3v) is 9.51. The van der Waals surface area contributed by atoms with Crippen molar-refractivity contribution in [2.45, 2.75) is 57.0 Å². The summed E-state index contributed by atoms with van der Waals surface area (Å²) in [5.74, 6) is -1.73. The number of aromatic amines is 1. The normalized spacial score (nSPS) is 16.9. The predicted octanol–water partition coefficient (Wildman–Crippen LogP) is 4.08. The van der Waals surface area contributed by atoms with Gasteiger partial charge in [-0.25, -0.2) is 9.59 Å². The van der Waals surface area contributed by atoms with E-state index in [2.05, 4.69) is 10.3 Å². The monoisotopic (exact) mass is 753 g/mol. The van der Waals surface area contributed by atoms with Crippen molar-refractivity contribution in [2.75, 3.05) is 20.3 Å². The van der Waals surface area contributed by atoms with Gasteiger partial charge in [0.2, 0.25) is 0 Å². The van der Waals surface area contributed by atoms with E-state index in [9.17, 15) is 44.1 Å². The highest BCUT2D eigenvalue weighted by atomic mass is 16.6. The van der Waals surface area contributed by atoms with Gasteiger partial charge in [-0.15, -0.1) is 0 Å². The Labute approximate surface area is 312 Å². The number of amides is 1. The largest absolute Gasteiger partial charge is 0.508 e. The van der Waals surface area contributed by atoms with Gasteiger partial charge in [-0.05, 0) is 73.0 Å². The highest BCUT2D eigenvalue weighted by molar-refractivity contribution is 6.09. The summed E-state index contributed by atoms with van der Waals surface area (Å²) in [6, 6.07) is 12.8. The zero-order valence-electron chi connectivity index (χ0n) is 29.8. The molecule has 286 valence electrons. The number of carboxylic acid groups (broad SMARTS) is 1. The van der Waals surface area contributed by atoms with Crippen molar-refractivity contribution in [1.82, 2.24) is 14.9 Å². The van der Waals surface area contributed by atoms with Gasteiger partial charge in [-0.3, -0.25) is 28.7 Å². The van der Waals surface area contributed by atoms with Crippen LogP contribution in [0.3, 0.4) is 0 Å². The van der Waals surface area contributed by atoms with Gasteiger partial charge in [0.1, 0.15) is 29.4 Å². The van der Waals surface area contributed by atoms with E-state index >= 15 is 0 Å². The number of unbranched alkanes of at least 4 members (excludes halogenated alkanes) is 3. The smallest absolute Gasteiger partial charge is 0.336 e. The summed E-state index contributed by atoms with van der Waals surface area (Å²) in [6.07, 6.45) is 5.27. The lowest BCUT2D eigenvalue weighted by Gasteiger charge is -2.17. The van der Waals surface area contributed by atoms with Crippen molar-refractivity contribution < 1.29 is 43.6 Å². The summed E-state index contributed by atoms with van der Waals surface area (Å²) in [7, 11) is 1.48. The highest BCUT2D eigenvalue weighted by Gasteiger charge is 2.36. The number of allylic oxidation sites excluding steroid dienone is 1. The minimum Gasteiger partial charge on any atom is -0.508 e. The third kappa shape index (κ3) is 8.64. The van der Waals surface area contributed by atoms with Crippen LogP contribution >= 0.6 is 0 Å². The summed E-state index contributed by atoms with van der Waals surface area (Å²) in [6.45, 7) is 0.0376. The lowest BCUT2D eigenvalue weighted by Crippen LogP contribution is -2.33. The average Bonchev–Trinajstić information content (AvgIpc) is 3.59. The van der Waals surface area contributed by atoms with Crippen LogP contribution in [-0.2, 0) is 14.3 Å². The number of ether oxygens (including phenoxy) is 2. The number of carboxylic acids is 1. The molecular formula is C40H39N3O12. The Hall–Kier alpha value is -6.16. The first kappa shape index (κ1) is 38.6. The number of aliphatic hydroxyl groups is 1. The number of hydrogen-bond donors (Lipinski definition) is 5. The Bertz CT molecular complexity index is 2420. The van der Waals surface area contributed by atoms with Crippen molar-refractivity contribution in [1.29, 1.82) is 0 Å². The van der Waals surface area contributed by atoms with Gasteiger partial charge in [0.25, 0.3) is 11.5 Å². The zero-order chi connectivity index (χ0) is 39.2. The third-order valence-electron chi connectivity index (χ3n) is 9.51. The Morgan fingerprint density at radius 1 is 1.00 bits per heavy atom. The van der Waals surface area contributed by atoms with Crippen LogP contribution in [0, 0.1) is 0 Å². The minimum atomic E-state index is -1.22. The van der Waals surface area contributed by atoms with Crippen LogP contribution in [0.15, 0.2) is 85.7 Å². The molecule has 1 aliphatic carbocycles. The Morgan fingerprint density at radius 2 is 1.80 bits per heavy atom. The number of aromatic nitrogens is 2. The number of aliphatic hydroxyl groups excluding tert-OH is 1. The maximum atomic E-state index is 13.2. The van der Waals surface area contributed by atoms with Crippen LogP contribution in [0.25, 0.3) is 39.5 Å². The number of aromatic hydroxyl groups is 1. The van der Waals surface area contributed by atoms with Gasteiger partial charge in [0.05, 0.1) is 23.8 Å². The van der Waals surface area contributed by atoms with Crippen LogP contribution in [0.5, 0.6) is 5.75 Å². The molecule has 3 atom stereocenters. The van der Waals surface area contributed by atoms with E-state index in [1.807, 2.05) is 0 Å². The number of phenols is 1. The SMILES string of the molecule is CO[C@@H]1C[C@H](n2cc(/C=C/C(=O)CCCCCCNC(=O)c3ccc(C(=O)O)c(-c4c5ccc(=O)cc-5oc5cc(O)ccc45)c3)c(=O)[nH]c2=O)O[C@@H]1CO. The summed E-state index contributed by atoms with van der Waals surface area (Å²) in [4.78, 5) is 77.3. The number of H-pyrrole nitrogens is 1. The quantitative estimate of drug-likeness (QED) is 0.0579. The van der Waals surface area contributed by atoms with Crippen molar-refractivity contribution in [3.05, 3.63) is 115 Å². The van der Waals surface area contributed by atoms with Crippen molar-refractivity contribution >= 4 is 34.7 Å². The number of benzene rings is 3. The number of nitrogens with zero attached hydrogens (tertiary/aromatic N) is 1. The molecule has 0 unspecified atom stereocenters. The number of phenolic OH excluding ortho intramolecular Hbond substituents is 1. The second-order valence-corrected chi connectivity index (χ2v) is 13.2. The standard InChI is InChI=1S/C40H39N3O12/c1-53-33-19-35(55-34(33)21-44)43-20-23(38(49)42-40(43)52)7-9-24(45)6-4-2-3-5-15-41-37(48)22-8-12-27(39(50)51)30(16-22)36-28-13-10-25(46)17-31(28)54-32-18-26(47)11-14-29(32)36/h7-14,16-18,20,33-35,44,46H,2-6,15,19,21H2,1H3,(H,41,48)(H,50,51)(H,42,49,52)/b9-7+/t33-,34-,35-/m1/s1. The summed E-state index contributed by atoms with van der Waals surface area (Å²) in [5.41, 5.74) is -0.0559. The lowest BCUT2D eigenvalue weighted by molar-refractivity contribution is -0.114. The number of aromatic carboxylic acids is 1. The molecule has 3 aromatic rings. The minimum absolute atomic E-state index is 0.0685. The maximum Gasteiger partial charge on any atom is 0.336 e. The van der Waals surface area contributed by atoms with Gasteiger partial charge in [0.15, 0.2) is 11.2 Å². The number of carbonyl (C=O) groups excluding carboxylic acids is 2. The molecule has 55 heavy (non-hydrogen) atoms. The molecule has 15 heteroatoms. The Kier molecular flexibility index (Phi) is 11.8. The second kappa shape index (κ2) is 16.9. The molecule has 1 fully saturated rings. The molecule has 0 saturated carbocycles. The molecule has 2 aliphatic heterocycles. The molecule has 1 amide bonds. The molecule has 15 nitrogen and oxygen atoms in total. The van der Waals surface area contributed by atoms with E-state index in [-0.39, 0.29) is 63.6 Å². The van der Waals surface area contributed by atoms with Gasteiger partial charge < -0.3 is 34.5 Å². The van der Waals surface area contributed by atoms with E-state index in [1.165, 1.54) is 78.6 Å². The number of nitrogens with one attached hydrogen (secondary N) is 2. The van der Waals surface area contributed by atoms with E-state index < -0.39 is 41.6 Å². The van der Waals surface area contributed by atoms with Crippen LogP contribution in [-0.4, -0.2) is 75.0 Å². The van der Waals surface area contributed by atoms with E-state index in [0.717, 1.165) is 0 Å². The molecule has 1 saturated heterocycles. The second-order valence-electron chi connectivity index (χ2n) is 13.2. The van der Waals surface area contributed by atoms with E-state index in [4.69, 9.17) is 13.9 Å². The van der Waals surface area contributed by atoms with Crippen molar-refractivity contribution in [2.24, 2.45) is 0 Å². The fraction of sp³-hybridized carbons (Fsp3) is 0.300. The first-order valence-electron chi connectivity index (χ1n) is 17.7. The van der Waals surface area contributed by atoms with Gasteiger partial charge in [-0.2, -0.15) is 0 Å². The molecule has 0 radical (unpaired) electrons. The van der Waals surface area contributed by atoms with Gasteiger partial charge >= 0.3 is 11.7 Å². The first-order valence-corrected chi connectivity index (χ1v) is 17.7. The molecule has 5 N–H and O–H groups in total. The molecule has 3 aliphatic rings. The van der Waals surface area contributed by atoms with E-state index in [1.54, 1.807) is 6.07 Å². The van der Waals surface area contributed by atoms with Crippen LogP contribution in [0.1, 0.15) is 71.0 Å².